The zero-order chi connectivity index (χ0) is 27.7. The first-order valence-corrected chi connectivity index (χ1v) is 11.5. The summed E-state index contributed by atoms with van der Waals surface area (Å²) in [6.45, 7) is 0.329. The molecule has 0 saturated heterocycles. The van der Waals surface area contributed by atoms with Crippen molar-refractivity contribution in [3.8, 4) is 0 Å². The molecule has 202 valence electrons. The summed E-state index contributed by atoms with van der Waals surface area (Å²) >= 11 is 0. The molecule has 0 aliphatic carbocycles. The van der Waals surface area contributed by atoms with Crippen LogP contribution in [-0.2, 0) is 30.4 Å². The van der Waals surface area contributed by atoms with Crippen LogP contribution in [0.15, 0.2) is 30.5 Å². The first kappa shape index (κ1) is 29.2. The molecule has 1 heterocycles. The number of fused-ring (bicyclic) bond motifs is 1. The maximum Gasteiger partial charge on any atom is 0.326 e. The monoisotopic (exact) mass is 520 g/mol. The second-order valence-corrected chi connectivity index (χ2v) is 8.55. The molecule has 0 spiro atoms. The van der Waals surface area contributed by atoms with E-state index >= 15 is 0 Å². The fourth-order valence-corrected chi connectivity index (χ4v) is 3.57. The van der Waals surface area contributed by atoms with Gasteiger partial charge in [0.25, 0.3) is 0 Å². The van der Waals surface area contributed by atoms with Gasteiger partial charge in [-0.3, -0.25) is 19.2 Å². The molecule has 2 rings (SSSR count). The van der Waals surface area contributed by atoms with Crippen LogP contribution in [0.25, 0.3) is 10.9 Å². The van der Waals surface area contributed by atoms with Crippen LogP contribution in [0.1, 0.15) is 25.3 Å². The summed E-state index contributed by atoms with van der Waals surface area (Å²) in [5.74, 6) is -5.03. The Morgan fingerprint density at radius 3 is 2.24 bits per heavy atom. The number of aliphatic carboxylic acids is 1. The van der Waals surface area contributed by atoms with Gasteiger partial charge in [-0.25, -0.2) is 4.79 Å². The number of carbonyl (C=O) groups is 5. The van der Waals surface area contributed by atoms with E-state index in [1.807, 2.05) is 24.3 Å². The zero-order valence-corrected chi connectivity index (χ0v) is 20.1. The summed E-state index contributed by atoms with van der Waals surface area (Å²) in [6, 6.07) is 1.69. The van der Waals surface area contributed by atoms with E-state index in [2.05, 4.69) is 20.9 Å². The highest BCUT2D eigenvalue weighted by molar-refractivity contribution is 5.94. The van der Waals surface area contributed by atoms with Crippen molar-refractivity contribution >= 4 is 40.5 Å². The summed E-state index contributed by atoms with van der Waals surface area (Å²) in [7, 11) is 0. The lowest BCUT2D eigenvalue weighted by molar-refractivity contribution is -0.143. The molecule has 2 aromatic rings. The van der Waals surface area contributed by atoms with Gasteiger partial charge in [-0.2, -0.15) is 0 Å². The van der Waals surface area contributed by atoms with Crippen LogP contribution in [0.2, 0.25) is 0 Å². The standard InChI is InChI=1S/C23H32N6O8/c1-11(31)19(22(35)27-16(23(36)37)6-7-18(25)32)29-21(34)17(10-30)28-20(33)14(24)8-12-9-26-15-5-3-2-4-13(12)15/h2-5,9,11,14,16-17,19,26,30-31H,6-8,10,24H2,1H3,(H2,25,32)(H,27,35)(H,28,33)(H,29,34)(H,36,37). The van der Waals surface area contributed by atoms with Gasteiger partial charge >= 0.3 is 5.97 Å². The molecule has 5 unspecified atom stereocenters. The predicted molar refractivity (Wildman–Crippen MR) is 131 cm³/mol. The number of aromatic amines is 1. The summed E-state index contributed by atoms with van der Waals surface area (Å²) in [5, 5.41) is 36.4. The molecule has 0 aliphatic rings. The number of hydrogen-bond acceptors (Lipinski definition) is 8. The lowest BCUT2D eigenvalue weighted by Gasteiger charge is -2.25. The molecule has 0 aliphatic heterocycles. The number of benzene rings is 1. The number of rotatable bonds is 14. The Kier molecular flexibility index (Phi) is 10.5. The van der Waals surface area contributed by atoms with Crippen LogP contribution < -0.4 is 27.4 Å². The highest BCUT2D eigenvalue weighted by atomic mass is 16.4. The van der Waals surface area contributed by atoms with Crippen LogP contribution in [0.4, 0.5) is 0 Å². The van der Waals surface area contributed by atoms with Crippen LogP contribution in [-0.4, -0.2) is 86.8 Å². The van der Waals surface area contributed by atoms with E-state index in [0.29, 0.717) is 0 Å². The van der Waals surface area contributed by atoms with E-state index in [9.17, 15) is 39.3 Å². The first-order valence-electron chi connectivity index (χ1n) is 11.5. The molecule has 0 fully saturated rings. The molecule has 5 atom stereocenters. The number of para-hydroxylation sites is 1. The van der Waals surface area contributed by atoms with Crippen molar-refractivity contribution in [1.82, 2.24) is 20.9 Å². The van der Waals surface area contributed by atoms with Gasteiger partial charge in [-0.05, 0) is 31.4 Å². The molecular weight excluding hydrogens is 488 g/mol. The van der Waals surface area contributed by atoms with Crippen molar-refractivity contribution in [2.45, 2.75) is 56.5 Å². The number of amides is 4. The smallest absolute Gasteiger partial charge is 0.326 e. The number of H-pyrrole nitrogens is 1. The number of primary amides is 1. The summed E-state index contributed by atoms with van der Waals surface area (Å²) < 4.78 is 0. The Labute approximate surface area is 211 Å². The van der Waals surface area contributed by atoms with Crippen molar-refractivity contribution in [3.05, 3.63) is 36.0 Å². The van der Waals surface area contributed by atoms with Gasteiger partial charge in [-0.1, -0.05) is 18.2 Å². The Hall–Kier alpha value is -4.01. The number of carbonyl (C=O) groups excluding carboxylic acids is 4. The van der Waals surface area contributed by atoms with Gasteiger partial charge in [0.2, 0.25) is 23.6 Å². The molecule has 14 heteroatoms. The average Bonchev–Trinajstić information content (AvgIpc) is 3.25. The molecule has 4 amide bonds. The second kappa shape index (κ2) is 13.3. The predicted octanol–water partition coefficient (Wildman–Crippen LogP) is -2.78. The summed E-state index contributed by atoms with van der Waals surface area (Å²) in [4.78, 5) is 63.2. The average molecular weight is 521 g/mol. The highest BCUT2D eigenvalue weighted by Crippen LogP contribution is 2.18. The van der Waals surface area contributed by atoms with Crippen LogP contribution in [0.3, 0.4) is 0 Å². The highest BCUT2D eigenvalue weighted by Gasteiger charge is 2.32. The van der Waals surface area contributed by atoms with Crippen molar-refractivity contribution in [2.24, 2.45) is 11.5 Å². The van der Waals surface area contributed by atoms with Crippen molar-refractivity contribution in [3.63, 3.8) is 0 Å². The SMILES string of the molecule is CC(O)C(NC(=O)C(CO)NC(=O)C(N)Cc1c[nH]c2ccccc12)C(=O)NC(CCC(N)=O)C(=O)O. The topological polar surface area (TPSA) is 250 Å². The first-order chi connectivity index (χ1) is 17.4. The van der Waals surface area contributed by atoms with Gasteiger partial charge in [-0.15, -0.1) is 0 Å². The molecule has 11 N–H and O–H groups in total. The van der Waals surface area contributed by atoms with Crippen molar-refractivity contribution < 1.29 is 39.3 Å². The quantitative estimate of drug-likeness (QED) is 0.125. The van der Waals surface area contributed by atoms with Gasteiger partial charge in [0.05, 0.1) is 18.8 Å². The number of carboxylic acids is 1. The van der Waals surface area contributed by atoms with E-state index in [4.69, 9.17) is 11.5 Å². The lowest BCUT2D eigenvalue weighted by atomic mass is 10.0. The van der Waals surface area contributed by atoms with E-state index < -0.39 is 66.5 Å². The molecule has 14 nitrogen and oxygen atoms in total. The fraction of sp³-hybridized carbons (Fsp3) is 0.435. The number of nitrogens with two attached hydrogens (primary N) is 2. The maximum atomic E-state index is 12.7. The molecule has 1 aromatic carbocycles. The van der Waals surface area contributed by atoms with Gasteiger partial charge in [0.15, 0.2) is 0 Å². The third kappa shape index (κ3) is 8.27. The van der Waals surface area contributed by atoms with E-state index in [1.54, 1.807) is 6.20 Å². The zero-order valence-electron chi connectivity index (χ0n) is 20.1. The van der Waals surface area contributed by atoms with Crippen molar-refractivity contribution in [1.29, 1.82) is 0 Å². The van der Waals surface area contributed by atoms with Crippen molar-refractivity contribution in [2.75, 3.05) is 6.61 Å². The molecule has 0 radical (unpaired) electrons. The van der Waals surface area contributed by atoms with Gasteiger partial charge < -0.3 is 47.7 Å². The minimum atomic E-state index is -1.63. The number of aromatic nitrogens is 1. The third-order valence-corrected chi connectivity index (χ3v) is 5.62. The minimum Gasteiger partial charge on any atom is -0.480 e. The largest absolute Gasteiger partial charge is 0.480 e. The molecule has 1 aromatic heterocycles. The molecule has 37 heavy (non-hydrogen) atoms. The number of aliphatic hydroxyl groups excluding tert-OH is 2. The fourth-order valence-electron chi connectivity index (χ4n) is 3.57. The van der Waals surface area contributed by atoms with Crippen LogP contribution in [0, 0.1) is 0 Å². The van der Waals surface area contributed by atoms with Crippen LogP contribution in [0.5, 0.6) is 0 Å². The van der Waals surface area contributed by atoms with Gasteiger partial charge in [0, 0.05) is 23.5 Å². The Bertz CT molecular complexity index is 1130. The molecule has 0 bridgehead atoms. The maximum absolute atomic E-state index is 12.7. The number of aliphatic hydroxyl groups is 2. The number of carboxylic acid groups (broad SMARTS) is 1. The van der Waals surface area contributed by atoms with E-state index in [-0.39, 0.29) is 19.3 Å². The summed E-state index contributed by atoms with van der Waals surface area (Å²) in [5.41, 5.74) is 12.6. The Morgan fingerprint density at radius 1 is 1.00 bits per heavy atom. The third-order valence-electron chi connectivity index (χ3n) is 5.62. The number of nitrogens with one attached hydrogen (secondary N) is 4. The number of hydrogen-bond donors (Lipinski definition) is 9. The van der Waals surface area contributed by atoms with Gasteiger partial charge in [0.1, 0.15) is 18.1 Å². The minimum absolute atomic E-state index is 0.135. The normalized spacial score (nSPS) is 15.1. The van der Waals surface area contributed by atoms with E-state index in [1.165, 1.54) is 6.92 Å². The van der Waals surface area contributed by atoms with Crippen LogP contribution >= 0.6 is 0 Å². The second-order valence-electron chi connectivity index (χ2n) is 8.55. The van der Waals surface area contributed by atoms with E-state index in [0.717, 1.165) is 16.5 Å². The Morgan fingerprint density at radius 2 is 1.65 bits per heavy atom. The summed E-state index contributed by atoms with van der Waals surface area (Å²) in [6.07, 6.45) is -0.251. The molecule has 0 saturated carbocycles. The Balaban J connectivity index is 2.01. The lowest BCUT2D eigenvalue weighted by Crippen LogP contribution is -2.60. The molecular formula is C23H32N6O8.